The molecular weight excluding hydrogens is 174 g/mol. The maximum atomic E-state index is 5.77. The molecule has 0 N–H and O–H groups in total. The van der Waals surface area contributed by atoms with Gasteiger partial charge in [-0.25, -0.2) is 0 Å². The summed E-state index contributed by atoms with van der Waals surface area (Å²) in [6.07, 6.45) is 2.12. The molecule has 3 rings (SSSR count). The SMILES string of the molecule is Cc1cn2c(oc3ccccc32)c1C. The number of rotatable bonds is 0. The van der Waals surface area contributed by atoms with Crippen molar-refractivity contribution in [3.8, 4) is 0 Å². The maximum Gasteiger partial charge on any atom is 0.208 e. The van der Waals surface area contributed by atoms with Crippen molar-refractivity contribution >= 4 is 16.8 Å². The van der Waals surface area contributed by atoms with Crippen LogP contribution in [0.2, 0.25) is 0 Å². The normalized spacial score (nSPS) is 11.6. The highest BCUT2D eigenvalue weighted by molar-refractivity contribution is 5.78. The van der Waals surface area contributed by atoms with E-state index in [2.05, 4.69) is 30.5 Å². The first-order valence-electron chi connectivity index (χ1n) is 4.73. The summed E-state index contributed by atoms with van der Waals surface area (Å²) in [6.45, 7) is 4.19. The van der Waals surface area contributed by atoms with Gasteiger partial charge in [0.25, 0.3) is 0 Å². The Balaban J connectivity index is 2.60. The monoisotopic (exact) mass is 185 g/mol. The number of fused-ring (bicyclic) bond motifs is 3. The molecule has 0 atom stereocenters. The van der Waals surface area contributed by atoms with Gasteiger partial charge in [-0.3, -0.25) is 4.40 Å². The van der Waals surface area contributed by atoms with Gasteiger partial charge in [0.15, 0.2) is 5.58 Å². The lowest BCUT2D eigenvalue weighted by molar-refractivity contribution is 0.653. The van der Waals surface area contributed by atoms with E-state index in [0.29, 0.717) is 0 Å². The molecular formula is C12H11NO. The first kappa shape index (κ1) is 7.68. The fourth-order valence-corrected chi connectivity index (χ4v) is 1.85. The van der Waals surface area contributed by atoms with Gasteiger partial charge in [0, 0.05) is 11.8 Å². The zero-order valence-electron chi connectivity index (χ0n) is 8.24. The molecule has 0 spiro atoms. The molecule has 0 radical (unpaired) electrons. The molecule has 3 aromatic rings. The molecule has 1 aromatic carbocycles. The Bertz CT molecular complexity index is 616. The van der Waals surface area contributed by atoms with Gasteiger partial charge in [-0.15, -0.1) is 0 Å². The van der Waals surface area contributed by atoms with E-state index in [4.69, 9.17) is 4.42 Å². The smallest absolute Gasteiger partial charge is 0.208 e. The van der Waals surface area contributed by atoms with Crippen molar-refractivity contribution in [1.29, 1.82) is 0 Å². The Labute approximate surface area is 81.8 Å². The number of aromatic nitrogens is 1. The Kier molecular flexibility index (Phi) is 1.32. The lowest BCUT2D eigenvalue weighted by atomic mass is 10.2. The number of hydrogen-bond donors (Lipinski definition) is 0. The van der Waals surface area contributed by atoms with Crippen molar-refractivity contribution in [3.05, 3.63) is 41.6 Å². The number of nitrogens with zero attached hydrogens (tertiary/aromatic N) is 1. The molecule has 70 valence electrons. The summed E-state index contributed by atoms with van der Waals surface area (Å²) in [6, 6.07) is 8.09. The first-order valence-corrected chi connectivity index (χ1v) is 4.73. The zero-order valence-corrected chi connectivity index (χ0v) is 8.24. The third-order valence-corrected chi connectivity index (χ3v) is 2.79. The predicted octanol–water partition coefficient (Wildman–Crippen LogP) is 3.30. The molecule has 0 bridgehead atoms. The van der Waals surface area contributed by atoms with Crippen LogP contribution in [0.15, 0.2) is 34.9 Å². The highest BCUT2D eigenvalue weighted by atomic mass is 16.3. The third-order valence-electron chi connectivity index (χ3n) is 2.79. The second kappa shape index (κ2) is 2.41. The second-order valence-electron chi connectivity index (χ2n) is 3.68. The number of benzene rings is 1. The Morgan fingerprint density at radius 3 is 2.79 bits per heavy atom. The predicted molar refractivity (Wildman–Crippen MR) is 56.6 cm³/mol. The van der Waals surface area contributed by atoms with Crippen molar-refractivity contribution < 1.29 is 4.42 Å². The Morgan fingerprint density at radius 2 is 1.93 bits per heavy atom. The molecule has 0 aliphatic heterocycles. The van der Waals surface area contributed by atoms with Gasteiger partial charge in [-0.1, -0.05) is 12.1 Å². The average molecular weight is 185 g/mol. The van der Waals surface area contributed by atoms with Crippen LogP contribution < -0.4 is 0 Å². The van der Waals surface area contributed by atoms with Crippen LogP contribution in [-0.4, -0.2) is 4.40 Å². The van der Waals surface area contributed by atoms with Crippen LogP contribution in [0.25, 0.3) is 16.8 Å². The van der Waals surface area contributed by atoms with E-state index in [0.717, 1.165) is 16.8 Å². The van der Waals surface area contributed by atoms with Crippen LogP contribution in [0, 0.1) is 13.8 Å². The van der Waals surface area contributed by atoms with E-state index >= 15 is 0 Å². The van der Waals surface area contributed by atoms with E-state index in [-0.39, 0.29) is 0 Å². The lowest BCUT2D eigenvalue weighted by Crippen LogP contribution is -1.74. The van der Waals surface area contributed by atoms with Gasteiger partial charge in [0.2, 0.25) is 5.71 Å². The minimum absolute atomic E-state index is 0.950. The van der Waals surface area contributed by atoms with Gasteiger partial charge < -0.3 is 4.42 Å². The summed E-state index contributed by atoms with van der Waals surface area (Å²) >= 11 is 0. The Morgan fingerprint density at radius 1 is 1.14 bits per heavy atom. The molecule has 2 heterocycles. The summed E-state index contributed by atoms with van der Waals surface area (Å²) in [4.78, 5) is 0. The highest BCUT2D eigenvalue weighted by Gasteiger charge is 2.10. The molecule has 0 aliphatic carbocycles. The van der Waals surface area contributed by atoms with Crippen LogP contribution in [0.4, 0.5) is 0 Å². The van der Waals surface area contributed by atoms with Gasteiger partial charge in [-0.05, 0) is 31.5 Å². The van der Waals surface area contributed by atoms with Crippen LogP contribution in [0.1, 0.15) is 11.1 Å². The van der Waals surface area contributed by atoms with Crippen LogP contribution in [0.5, 0.6) is 0 Å². The van der Waals surface area contributed by atoms with Gasteiger partial charge in [0.05, 0.1) is 5.52 Å². The number of hydrogen-bond acceptors (Lipinski definition) is 1. The summed E-state index contributed by atoms with van der Waals surface area (Å²) in [5, 5.41) is 0. The second-order valence-corrected chi connectivity index (χ2v) is 3.68. The molecule has 0 fully saturated rings. The highest BCUT2D eigenvalue weighted by Crippen LogP contribution is 2.25. The summed E-state index contributed by atoms with van der Waals surface area (Å²) in [7, 11) is 0. The first-order chi connectivity index (χ1) is 6.77. The topological polar surface area (TPSA) is 17.6 Å². The van der Waals surface area contributed by atoms with Gasteiger partial charge in [0.1, 0.15) is 0 Å². The summed E-state index contributed by atoms with van der Waals surface area (Å²) in [5.41, 5.74) is 5.55. The van der Waals surface area contributed by atoms with E-state index < -0.39 is 0 Å². The standard InChI is InChI=1S/C12H11NO/c1-8-7-13-10-5-3-4-6-11(10)14-12(13)9(8)2/h3-7H,1-2H3. The van der Waals surface area contributed by atoms with E-state index in [9.17, 15) is 0 Å². The van der Waals surface area contributed by atoms with Gasteiger partial charge in [-0.2, -0.15) is 0 Å². The molecule has 0 unspecified atom stereocenters. The van der Waals surface area contributed by atoms with Crippen LogP contribution in [-0.2, 0) is 0 Å². The minimum atomic E-state index is 0.950. The largest absolute Gasteiger partial charge is 0.438 e. The molecule has 0 saturated carbocycles. The van der Waals surface area contributed by atoms with Crippen LogP contribution >= 0.6 is 0 Å². The summed E-state index contributed by atoms with van der Waals surface area (Å²) < 4.78 is 7.88. The molecule has 0 aliphatic rings. The van der Waals surface area contributed by atoms with Crippen molar-refractivity contribution in [2.45, 2.75) is 13.8 Å². The number of para-hydroxylation sites is 2. The van der Waals surface area contributed by atoms with Crippen molar-refractivity contribution in [3.63, 3.8) is 0 Å². The number of aryl methyl sites for hydroxylation is 2. The van der Waals surface area contributed by atoms with Crippen molar-refractivity contribution in [1.82, 2.24) is 4.40 Å². The van der Waals surface area contributed by atoms with Crippen molar-refractivity contribution in [2.75, 3.05) is 0 Å². The fraction of sp³-hybridized carbons (Fsp3) is 0.167. The van der Waals surface area contributed by atoms with E-state index in [1.165, 1.54) is 11.1 Å². The molecule has 2 aromatic heterocycles. The van der Waals surface area contributed by atoms with E-state index in [1.54, 1.807) is 0 Å². The minimum Gasteiger partial charge on any atom is -0.438 e. The quantitative estimate of drug-likeness (QED) is 0.525. The molecule has 0 saturated heterocycles. The van der Waals surface area contributed by atoms with E-state index in [1.807, 2.05) is 18.2 Å². The molecule has 0 amide bonds. The maximum absolute atomic E-state index is 5.77. The van der Waals surface area contributed by atoms with Crippen LogP contribution in [0.3, 0.4) is 0 Å². The average Bonchev–Trinajstić information content (AvgIpc) is 2.67. The third kappa shape index (κ3) is 0.803. The molecule has 2 nitrogen and oxygen atoms in total. The summed E-state index contributed by atoms with van der Waals surface area (Å²) in [5.74, 6) is 0. The van der Waals surface area contributed by atoms with Crippen molar-refractivity contribution in [2.24, 2.45) is 0 Å². The fourth-order valence-electron chi connectivity index (χ4n) is 1.85. The number of oxazole rings is 1. The molecule has 14 heavy (non-hydrogen) atoms. The zero-order chi connectivity index (χ0) is 9.71. The van der Waals surface area contributed by atoms with Gasteiger partial charge >= 0.3 is 0 Å². The lowest BCUT2D eigenvalue weighted by Gasteiger charge is -1.87. The molecule has 2 heteroatoms. The Hall–Kier alpha value is -1.70.